The number of rotatable bonds is 7. The van der Waals surface area contributed by atoms with Crippen molar-refractivity contribution >= 4 is 0 Å². The fraction of sp³-hybridized carbons (Fsp3) is 1.00. The monoisotopic (exact) mass is 1190 g/mol. The van der Waals surface area contributed by atoms with Gasteiger partial charge in [0.05, 0.1) is 46.2 Å². The molecule has 0 amide bonds. The van der Waals surface area contributed by atoms with Gasteiger partial charge in [-0.25, -0.2) is 0 Å². The second-order valence-corrected chi connectivity index (χ2v) is 21.1. The second kappa shape index (κ2) is 28.6. The minimum absolute atomic E-state index is 1.05. The number of ether oxygens (including phenoxy) is 14. The lowest BCUT2D eigenvalue weighted by Crippen LogP contribution is -2.68. The molecule has 0 spiro atoms. The zero-order valence-electron chi connectivity index (χ0n) is 43.1. The van der Waals surface area contributed by atoms with E-state index in [4.69, 9.17) is 66.3 Å². The van der Waals surface area contributed by atoms with Gasteiger partial charge in [0.25, 0.3) is 0 Å². The van der Waals surface area contributed by atoms with Crippen molar-refractivity contribution in [2.24, 2.45) is 0 Å². The highest BCUT2D eigenvalue weighted by Crippen LogP contribution is 2.39. The lowest BCUT2D eigenvalue weighted by Gasteiger charge is -2.50. The molecule has 0 radical (unpaired) electrons. The Morgan fingerprint density at radius 2 is 0.284 bits per heavy atom. The van der Waals surface area contributed by atoms with E-state index in [0.29, 0.717) is 0 Å². The van der Waals surface area contributed by atoms with Gasteiger partial charge in [-0.15, -0.1) is 0 Å². The summed E-state index contributed by atoms with van der Waals surface area (Å²) < 4.78 is 79.5. The van der Waals surface area contributed by atoms with E-state index in [9.17, 15) is 107 Å². The number of aliphatic hydroxyl groups is 21. The van der Waals surface area contributed by atoms with Crippen LogP contribution in [0.25, 0.3) is 0 Å². The Hall–Kier alpha value is -1.40. The van der Waals surface area contributed by atoms with Crippen LogP contribution in [0.5, 0.6) is 0 Å². The highest BCUT2D eigenvalue weighted by molar-refractivity contribution is 5.01. The van der Waals surface area contributed by atoms with Crippen LogP contribution in [0.3, 0.4) is 0 Å². The van der Waals surface area contributed by atoms with Gasteiger partial charge in [-0.3, -0.25) is 0 Å². The van der Waals surface area contributed by atoms with E-state index >= 15 is 0 Å². The van der Waals surface area contributed by atoms with Crippen molar-refractivity contribution in [1.29, 1.82) is 0 Å². The van der Waals surface area contributed by atoms with Crippen molar-refractivity contribution in [2.75, 3.05) is 46.2 Å². The first kappa shape index (κ1) is 65.6. The van der Waals surface area contributed by atoms with E-state index in [1.807, 2.05) is 0 Å². The minimum atomic E-state index is -2.21. The molecule has 21 aliphatic heterocycles. The van der Waals surface area contributed by atoms with Gasteiger partial charge in [0, 0.05) is 0 Å². The van der Waals surface area contributed by atoms with Gasteiger partial charge >= 0.3 is 0 Å². The molecule has 21 heterocycles. The first-order valence-electron chi connectivity index (χ1n) is 26.6. The molecule has 14 unspecified atom stereocenters. The van der Waals surface area contributed by atoms with Crippen LogP contribution >= 0.6 is 0 Å². The topological polar surface area (TPSA) is 554 Å². The lowest BCUT2D eigenvalue weighted by atomic mass is 9.95. The summed E-state index contributed by atoms with van der Waals surface area (Å²) >= 11 is 0. The number of hydrogen-bond donors (Lipinski definition) is 21. The highest BCUT2D eigenvalue weighted by Gasteiger charge is 2.59. The fourth-order valence-corrected chi connectivity index (χ4v) is 10.7. The van der Waals surface area contributed by atoms with Crippen LogP contribution in [0, 0.1) is 0 Å². The van der Waals surface area contributed by atoms with E-state index in [-0.39, 0.29) is 0 Å². The van der Waals surface area contributed by atoms with E-state index in [2.05, 4.69) is 0 Å². The Kier molecular flexibility index (Phi) is 23.2. The molecule has 35 heteroatoms. The van der Waals surface area contributed by atoms with Crippen molar-refractivity contribution in [2.45, 2.75) is 241 Å². The molecule has 14 bridgehead atoms. The normalized spacial score (nSPS) is 53.8. The molecule has 0 aromatic heterocycles. The number of aliphatic hydroxyl groups excluding tert-OH is 21. The molecule has 0 aromatic rings. The van der Waals surface area contributed by atoms with Crippen LogP contribution in [0.1, 0.15) is 25.7 Å². The second-order valence-electron chi connectivity index (χ2n) is 21.1. The molecular weight excluding hydrogens is 1110 g/mol. The molecular formula is C46H78O35. The van der Waals surface area contributed by atoms with Crippen molar-refractivity contribution in [3.8, 4) is 0 Å². The summed E-state index contributed by atoms with van der Waals surface area (Å²) in [4.78, 5) is 0. The summed E-state index contributed by atoms with van der Waals surface area (Å²) in [6.07, 6.45) is -64.2. The third-order valence-electron chi connectivity index (χ3n) is 15.8. The summed E-state index contributed by atoms with van der Waals surface area (Å²) in [5.74, 6) is 0. The summed E-state index contributed by atoms with van der Waals surface area (Å²) in [6, 6.07) is 0. The molecule has 472 valence electrons. The van der Waals surface area contributed by atoms with Crippen LogP contribution in [0.15, 0.2) is 0 Å². The summed E-state index contributed by atoms with van der Waals surface area (Å²) in [6.45, 7) is -7.33. The van der Waals surface area contributed by atoms with Crippen LogP contribution in [-0.2, 0) is 66.3 Å². The first-order valence-corrected chi connectivity index (χ1v) is 26.6. The molecule has 21 saturated heterocycles. The molecule has 1 saturated carbocycles. The molecule has 21 N–H and O–H groups in total. The quantitative estimate of drug-likeness (QED) is 0.113. The molecule has 22 rings (SSSR count). The smallest absolute Gasteiger partial charge is 0.187 e. The van der Waals surface area contributed by atoms with Gasteiger partial charge in [-0.2, -0.15) is 0 Å². The van der Waals surface area contributed by atoms with E-state index < -0.39 is 261 Å². The predicted octanol–water partition coefficient (Wildman–Crippen LogP) is -13.7. The average Bonchev–Trinajstić information content (AvgIpc) is 3.52. The summed E-state index contributed by atoms with van der Waals surface area (Å²) in [5, 5.41) is 230. The minimum Gasteiger partial charge on any atom is -0.394 e. The van der Waals surface area contributed by atoms with Gasteiger partial charge in [0.2, 0.25) is 0 Å². The van der Waals surface area contributed by atoms with Crippen molar-refractivity contribution < 1.29 is 174 Å². The summed E-state index contributed by atoms with van der Waals surface area (Å²) in [7, 11) is 0. The van der Waals surface area contributed by atoms with Gasteiger partial charge in [-0.05, 0) is 0 Å². The van der Waals surface area contributed by atoms with E-state index in [0.717, 1.165) is 0 Å². The number of hydrogen-bond acceptors (Lipinski definition) is 35. The standard InChI is InChI=1S/C42H70O35.C4H8/c43-1-8-29-15(50)22(57)36(64-8)72-30-9(2-44)66-38(24(59)17(30)52)74-32-11(4-46)68-40(26(61)19(32)54)76-34-13(6-48)70-42(28(63)21(34)56)77-35-14(7-49)69-41(27(62)20(35)55)75-33-12(5-47)67-39(25(60)18(33)53)73-31-10(3-45)65-37(71-29)23(58)16(31)51;1-2-4-3-1/h8-63H,1-7H2;1-4H2/t8?,9?,10?,11?,12?,13?,14?,15-,16-,17-,18-,19-,20-,21+,22?,23?,24?,25?,26?,27?,28?,29-,30-,31-,32-,33-,34-,35-,36-,37-,38-,39-,40+,41+,42+;/m1./s1. The van der Waals surface area contributed by atoms with Crippen LogP contribution in [0.4, 0.5) is 0 Å². The SMILES string of the molecule is C1CCC1.OCC1O[C@@H]2O[C@@H]3C(CO)O[C@H](O[C@@H]4C(CO)O[C@@H](O[C@@H]5C(CO)O[C@@H](O[C@@H]6C(CO)O[C@@H](O[C@@H]7C(CO)O[C@H](O[C@@H]8C(CO)O[C@H](O[C@H]1[C@H](O)C2O)C(O)[C@H]8O)C(O)[C@H]7O)C(O)[C@H]6O)C(O)[C@@H]5O)C(O)[C@H]4O)C(O)[C@H]3O. The van der Waals surface area contributed by atoms with Crippen LogP contribution < -0.4 is 0 Å². The van der Waals surface area contributed by atoms with Crippen LogP contribution in [0.2, 0.25) is 0 Å². The average molecular weight is 1190 g/mol. The Balaban J connectivity index is 0.00000206. The van der Waals surface area contributed by atoms with Gasteiger partial charge < -0.3 is 174 Å². The third kappa shape index (κ3) is 13.5. The molecule has 81 heavy (non-hydrogen) atoms. The zero-order chi connectivity index (χ0) is 58.9. The maximum Gasteiger partial charge on any atom is 0.187 e. The first-order chi connectivity index (χ1) is 38.7. The van der Waals surface area contributed by atoms with Crippen molar-refractivity contribution in [3.05, 3.63) is 0 Å². The largest absolute Gasteiger partial charge is 0.394 e. The van der Waals surface area contributed by atoms with Gasteiger partial charge in [-0.1, -0.05) is 25.7 Å². The Bertz CT molecular complexity index is 1530. The maximum absolute atomic E-state index is 11.3. The molecule has 35 atom stereocenters. The summed E-state index contributed by atoms with van der Waals surface area (Å²) in [5.41, 5.74) is 0. The van der Waals surface area contributed by atoms with Crippen molar-refractivity contribution in [1.82, 2.24) is 0 Å². The van der Waals surface area contributed by atoms with Crippen molar-refractivity contribution in [3.63, 3.8) is 0 Å². The van der Waals surface area contributed by atoms with E-state index in [1.165, 1.54) is 25.7 Å². The van der Waals surface area contributed by atoms with Gasteiger partial charge in [0.15, 0.2) is 44.0 Å². The van der Waals surface area contributed by atoms with E-state index in [1.54, 1.807) is 0 Å². The molecule has 0 aromatic carbocycles. The molecule has 22 fully saturated rings. The Morgan fingerprint density at radius 3 is 0.370 bits per heavy atom. The maximum atomic E-state index is 11.3. The third-order valence-corrected chi connectivity index (χ3v) is 15.8. The zero-order valence-corrected chi connectivity index (χ0v) is 43.1. The Labute approximate surface area is 459 Å². The molecule has 1 aliphatic carbocycles. The predicted molar refractivity (Wildman–Crippen MR) is 247 cm³/mol. The van der Waals surface area contributed by atoms with Gasteiger partial charge in [0.1, 0.15) is 171 Å². The lowest BCUT2D eigenvalue weighted by molar-refractivity contribution is -0.396. The highest BCUT2D eigenvalue weighted by atomic mass is 16.8. The molecule has 35 nitrogen and oxygen atoms in total. The fourth-order valence-electron chi connectivity index (χ4n) is 10.7. The Morgan fingerprint density at radius 1 is 0.173 bits per heavy atom. The molecule has 22 aliphatic rings. The van der Waals surface area contributed by atoms with Crippen LogP contribution in [-0.4, -0.2) is 368 Å².